The maximum absolute atomic E-state index is 14.1. The number of morpholine rings is 1. The molecule has 3 aromatic rings. The van der Waals surface area contributed by atoms with Gasteiger partial charge in [-0.3, -0.25) is 14.5 Å². The Morgan fingerprint density at radius 3 is 2.22 bits per heavy atom. The third-order valence-electron chi connectivity index (χ3n) is 7.14. The molecule has 0 radical (unpaired) electrons. The molecular weight excluding hydrogens is 522 g/mol. The average Bonchev–Trinajstić information content (AvgIpc) is 3.02. The van der Waals surface area contributed by atoms with Gasteiger partial charge < -0.3 is 29.2 Å². The smallest absolute Gasteiger partial charge is 0.247 e. The molecule has 4 rings (SSSR count). The third-order valence-corrected chi connectivity index (χ3v) is 7.14. The zero-order valence-electron chi connectivity index (χ0n) is 24.0. The Morgan fingerprint density at radius 2 is 1.56 bits per heavy atom. The number of methoxy groups -OCH3 is 3. The first-order valence-electron chi connectivity index (χ1n) is 13.8. The average molecular weight is 562 g/mol. The molecular formula is C32H39N3O6. The summed E-state index contributed by atoms with van der Waals surface area (Å²) in [5.41, 5.74) is 2.38. The van der Waals surface area contributed by atoms with E-state index in [4.69, 9.17) is 18.9 Å². The van der Waals surface area contributed by atoms with Crippen LogP contribution in [0.25, 0.3) is 0 Å². The van der Waals surface area contributed by atoms with E-state index in [0.29, 0.717) is 37.8 Å². The van der Waals surface area contributed by atoms with E-state index in [1.165, 1.54) is 0 Å². The molecule has 1 fully saturated rings. The van der Waals surface area contributed by atoms with Crippen LogP contribution in [0.5, 0.6) is 17.2 Å². The molecule has 41 heavy (non-hydrogen) atoms. The second-order valence-electron chi connectivity index (χ2n) is 9.79. The summed E-state index contributed by atoms with van der Waals surface area (Å²) in [7, 11) is 4.74. The van der Waals surface area contributed by atoms with Crippen molar-refractivity contribution in [2.75, 3.05) is 60.7 Å². The predicted molar refractivity (Wildman–Crippen MR) is 156 cm³/mol. The van der Waals surface area contributed by atoms with Gasteiger partial charge in [-0.05, 0) is 41.0 Å². The van der Waals surface area contributed by atoms with Crippen LogP contribution in [0.2, 0.25) is 0 Å². The van der Waals surface area contributed by atoms with Gasteiger partial charge in [-0.2, -0.15) is 0 Å². The van der Waals surface area contributed by atoms with Gasteiger partial charge >= 0.3 is 0 Å². The Hall–Kier alpha value is -4.08. The fourth-order valence-electron chi connectivity index (χ4n) is 4.88. The maximum atomic E-state index is 14.1. The normalized spacial score (nSPS) is 14.1. The predicted octanol–water partition coefficient (Wildman–Crippen LogP) is 3.47. The second-order valence-corrected chi connectivity index (χ2v) is 9.79. The van der Waals surface area contributed by atoms with E-state index < -0.39 is 6.04 Å². The zero-order valence-corrected chi connectivity index (χ0v) is 24.0. The van der Waals surface area contributed by atoms with Gasteiger partial charge in [-0.25, -0.2) is 0 Å². The number of amides is 2. The van der Waals surface area contributed by atoms with Gasteiger partial charge in [-0.15, -0.1) is 0 Å². The van der Waals surface area contributed by atoms with Gasteiger partial charge in [0, 0.05) is 32.7 Å². The molecule has 1 N–H and O–H groups in total. The van der Waals surface area contributed by atoms with Crippen LogP contribution in [0, 0.1) is 0 Å². The van der Waals surface area contributed by atoms with Crippen LogP contribution in [0.4, 0.5) is 0 Å². The number of nitrogens with one attached hydrogen (secondary N) is 1. The Balaban J connectivity index is 1.62. The van der Waals surface area contributed by atoms with Crippen molar-refractivity contribution >= 4 is 11.8 Å². The van der Waals surface area contributed by atoms with Crippen LogP contribution in [-0.2, 0) is 27.3 Å². The standard InChI is InChI=1S/C32H39N3O6/c1-38-27-12-9-24(10-13-27)23-35(30(36)22-25-11-14-28(39-2)29(21-25)40-3)31(26-7-5-4-6-8-26)32(37)33-15-16-34-17-19-41-20-18-34/h4-14,21,31H,15-20,22-23H2,1-3H3,(H,33,37). The Kier molecular flexibility index (Phi) is 11.0. The zero-order chi connectivity index (χ0) is 29.0. The molecule has 9 heteroatoms. The lowest BCUT2D eigenvalue weighted by Gasteiger charge is -2.32. The van der Waals surface area contributed by atoms with Crippen molar-refractivity contribution < 1.29 is 28.5 Å². The lowest BCUT2D eigenvalue weighted by Crippen LogP contribution is -2.46. The van der Waals surface area contributed by atoms with Crippen LogP contribution in [-0.4, -0.2) is 82.3 Å². The minimum atomic E-state index is -0.823. The van der Waals surface area contributed by atoms with E-state index >= 15 is 0 Å². The monoisotopic (exact) mass is 561 g/mol. The van der Waals surface area contributed by atoms with Gasteiger partial charge in [-0.1, -0.05) is 48.5 Å². The highest BCUT2D eigenvalue weighted by Gasteiger charge is 2.31. The van der Waals surface area contributed by atoms with Gasteiger partial charge in [0.15, 0.2) is 11.5 Å². The number of nitrogens with zero attached hydrogens (tertiary/aromatic N) is 2. The molecule has 0 saturated carbocycles. The first-order chi connectivity index (χ1) is 20.0. The highest BCUT2D eigenvalue weighted by atomic mass is 16.5. The maximum Gasteiger partial charge on any atom is 0.247 e. The number of ether oxygens (including phenoxy) is 4. The summed E-state index contributed by atoms with van der Waals surface area (Å²) in [6.07, 6.45) is 0.0842. The van der Waals surface area contributed by atoms with Gasteiger partial charge in [0.2, 0.25) is 11.8 Å². The molecule has 1 aliphatic heterocycles. The number of rotatable bonds is 13. The van der Waals surface area contributed by atoms with E-state index in [-0.39, 0.29) is 24.8 Å². The van der Waals surface area contributed by atoms with Crippen molar-refractivity contribution in [2.45, 2.75) is 19.0 Å². The van der Waals surface area contributed by atoms with Crippen molar-refractivity contribution in [1.29, 1.82) is 0 Å². The molecule has 0 bridgehead atoms. The molecule has 1 aliphatic rings. The highest BCUT2D eigenvalue weighted by Crippen LogP contribution is 2.29. The fraction of sp³-hybridized carbons (Fsp3) is 0.375. The summed E-state index contributed by atoms with van der Waals surface area (Å²) < 4.78 is 21.5. The molecule has 1 unspecified atom stereocenters. The molecule has 1 atom stereocenters. The summed E-state index contributed by atoms with van der Waals surface area (Å²) in [4.78, 5) is 31.8. The molecule has 3 aromatic carbocycles. The lowest BCUT2D eigenvalue weighted by molar-refractivity contribution is -0.141. The molecule has 2 amide bonds. The number of carbonyl (C=O) groups excluding carboxylic acids is 2. The molecule has 1 saturated heterocycles. The Bertz CT molecular complexity index is 1260. The minimum Gasteiger partial charge on any atom is -0.497 e. The number of benzene rings is 3. The second kappa shape index (κ2) is 15.1. The van der Waals surface area contributed by atoms with Crippen LogP contribution in [0.3, 0.4) is 0 Å². The number of hydrogen-bond donors (Lipinski definition) is 1. The molecule has 0 aromatic heterocycles. The molecule has 0 spiro atoms. The van der Waals surface area contributed by atoms with Crippen LogP contribution < -0.4 is 19.5 Å². The van der Waals surface area contributed by atoms with E-state index in [0.717, 1.165) is 35.5 Å². The van der Waals surface area contributed by atoms with Crippen LogP contribution in [0.1, 0.15) is 22.7 Å². The summed E-state index contributed by atoms with van der Waals surface area (Å²) in [5.74, 6) is 1.43. The van der Waals surface area contributed by atoms with Crippen molar-refractivity contribution in [3.05, 3.63) is 89.5 Å². The lowest BCUT2D eigenvalue weighted by atomic mass is 10.0. The minimum absolute atomic E-state index is 0.0842. The van der Waals surface area contributed by atoms with Crippen LogP contribution in [0.15, 0.2) is 72.8 Å². The summed E-state index contributed by atoms with van der Waals surface area (Å²) in [6, 6.07) is 21.6. The van der Waals surface area contributed by atoms with Gasteiger partial charge in [0.25, 0.3) is 0 Å². The van der Waals surface area contributed by atoms with E-state index in [2.05, 4.69) is 10.2 Å². The number of hydrogen-bond acceptors (Lipinski definition) is 7. The molecule has 218 valence electrons. The Labute approximate surface area is 241 Å². The topological polar surface area (TPSA) is 89.6 Å². The fourth-order valence-corrected chi connectivity index (χ4v) is 4.88. The Morgan fingerprint density at radius 1 is 0.878 bits per heavy atom. The van der Waals surface area contributed by atoms with E-state index in [9.17, 15) is 9.59 Å². The largest absolute Gasteiger partial charge is 0.497 e. The molecule has 9 nitrogen and oxygen atoms in total. The summed E-state index contributed by atoms with van der Waals surface area (Å²) >= 11 is 0. The third kappa shape index (κ3) is 8.22. The van der Waals surface area contributed by atoms with Crippen molar-refractivity contribution in [3.63, 3.8) is 0 Å². The van der Waals surface area contributed by atoms with Crippen molar-refractivity contribution in [1.82, 2.24) is 15.1 Å². The van der Waals surface area contributed by atoms with Crippen molar-refractivity contribution in [2.24, 2.45) is 0 Å². The van der Waals surface area contributed by atoms with Gasteiger partial charge in [0.1, 0.15) is 11.8 Å². The SMILES string of the molecule is COc1ccc(CN(C(=O)Cc2ccc(OC)c(OC)c2)C(C(=O)NCCN2CCOCC2)c2ccccc2)cc1. The van der Waals surface area contributed by atoms with Gasteiger partial charge in [0.05, 0.1) is 41.0 Å². The highest BCUT2D eigenvalue weighted by molar-refractivity contribution is 5.89. The summed E-state index contributed by atoms with van der Waals surface area (Å²) in [6.45, 7) is 4.50. The molecule has 0 aliphatic carbocycles. The first-order valence-corrected chi connectivity index (χ1v) is 13.8. The van der Waals surface area contributed by atoms with Crippen LogP contribution >= 0.6 is 0 Å². The quantitative estimate of drug-likeness (QED) is 0.342. The molecule has 1 heterocycles. The van der Waals surface area contributed by atoms with E-state index in [1.807, 2.05) is 60.7 Å². The van der Waals surface area contributed by atoms with Crippen molar-refractivity contribution in [3.8, 4) is 17.2 Å². The van der Waals surface area contributed by atoms with E-state index in [1.54, 1.807) is 38.4 Å². The number of carbonyl (C=O) groups is 2. The summed E-state index contributed by atoms with van der Waals surface area (Å²) in [5, 5.41) is 3.09. The first kappa shape index (κ1) is 29.9.